The molecule has 5 aromatic rings. The lowest BCUT2D eigenvalue weighted by Gasteiger charge is -2.26. The standard InChI is InChI=1S/C44H46N2O7/c1-52-42-22-28(9-11-38(42)48)19-35(20-29-13-16-45-26-29)40(50)25-41(51)36(21-30-14-17-46-27-30)23-33-10-12-39(49)44(53-2)37(33)24-34-8-4-6-31-5-3-7-32(15-18-47)43(31)34/h3-14,16-17,22,26-27,35-36,41,46-47,51H,15,18-21,23-25H2,1-2H3,(H-,48,49)/p+1/t35-,36+,41+/m0/s1. The highest BCUT2D eigenvalue weighted by molar-refractivity contribution is 5.89. The number of Topliss-reactive ketones (excluding diaryl/α,β-unsaturated/α-hetero) is 1. The van der Waals surface area contributed by atoms with E-state index in [2.05, 4.69) is 28.2 Å². The number of ketones is 1. The Morgan fingerprint density at radius 3 is 2.36 bits per heavy atom. The molecular weight excluding hydrogens is 668 g/mol. The molecule has 0 radical (unpaired) electrons. The molecule has 1 aliphatic rings. The number of nitrogens with one attached hydrogen (secondary N) is 1. The van der Waals surface area contributed by atoms with Crippen molar-refractivity contribution < 1.29 is 34.7 Å². The van der Waals surface area contributed by atoms with Gasteiger partial charge in [-0.05, 0) is 94.5 Å². The summed E-state index contributed by atoms with van der Waals surface area (Å²) >= 11 is 0. The van der Waals surface area contributed by atoms with Crippen molar-refractivity contribution in [3.63, 3.8) is 0 Å². The molecule has 4 aromatic carbocycles. The molecule has 53 heavy (non-hydrogen) atoms. The molecule has 1 aliphatic heterocycles. The predicted molar refractivity (Wildman–Crippen MR) is 207 cm³/mol. The Balaban J connectivity index is 1.31. The summed E-state index contributed by atoms with van der Waals surface area (Å²) < 4.78 is 11.1. The molecule has 0 saturated heterocycles. The summed E-state index contributed by atoms with van der Waals surface area (Å²) in [4.78, 5) is 21.5. The van der Waals surface area contributed by atoms with Gasteiger partial charge in [0.2, 0.25) is 0 Å². The van der Waals surface area contributed by atoms with Gasteiger partial charge in [0.25, 0.3) is 0 Å². The minimum absolute atomic E-state index is 0.0238. The van der Waals surface area contributed by atoms with Gasteiger partial charge in [-0.3, -0.25) is 4.79 Å². The molecule has 2 heterocycles. The number of H-pyrrole nitrogens is 1. The van der Waals surface area contributed by atoms with Crippen LogP contribution in [0.25, 0.3) is 10.8 Å². The van der Waals surface area contributed by atoms with E-state index in [1.165, 1.54) is 7.11 Å². The van der Waals surface area contributed by atoms with Crippen molar-refractivity contribution in [1.29, 1.82) is 0 Å². The highest BCUT2D eigenvalue weighted by Gasteiger charge is 2.31. The number of ether oxygens (including phenoxy) is 2. The van der Waals surface area contributed by atoms with Crippen LogP contribution in [-0.2, 0) is 36.9 Å². The molecule has 0 amide bonds. The van der Waals surface area contributed by atoms with Crippen molar-refractivity contribution in [2.24, 2.45) is 16.8 Å². The van der Waals surface area contributed by atoms with E-state index in [1.54, 1.807) is 44.1 Å². The van der Waals surface area contributed by atoms with Gasteiger partial charge >= 0.3 is 0 Å². The molecule has 0 fully saturated rings. The maximum atomic E-state index is 14.2. The summed E-state index contributed by atoms with van der Waals surface area (Å²) in [5, 5.41) is 45.1. The SMILES string of the molecule is COc1cc(C[C@@H](CC2=C[CH+]N=C2)C(=O)C[C@@H](O)[C@H](Cc2cc[nH]c2)Cc2ccc(O)c(OC)c2Cc2cccc3cccc(CCO)c23)ccc1O. The summed E-state index contributed by atoms with van der Waals surface area (Å²) in [6.45, 7) is 1.73. The zero-order chi connectivity index (χ0) is 37.3. The number of nitrogens with zero attached hydrogens (tertiary/aromatic N) is 1. The second kappa shape index (κ2) is 17.3. The molecule has 0 bridgehead atoms. The smallest absolute Gasteiger partial charge is 0.176 e. The van der Waals surface area contributed by atoms with Crippen molar-refractivity contribution in [2.45, 2.75) is 51.0 Å². The molecule has 5 N–H and O–H groups in total. The first-order chi connectivity index (χ1) is 25.8. The number of aromatic amines is 1. The van der Waals surface area contributed by atoms with Crippen molar-refractivity contribution in [2.75, 3.05) is 20.8 Å². The molecule has 9 nitrogen and oxygen atoms in total. The summed E-state index contributed by atoms with van der Waals surface area (Å²) in [6, 6.07) is 22.8. The van der Waals surface area contributed by atoms with E-state index in [0.29, 0.717) is 50.0 Å². The number of phenols is 2. The Morgan fingerprint density at radius 2 is 1.66 bits per heavy atom. The van der Waals surface area contributed by atoms with Crippen LogP contribution in [0.5, 0.6) is 23.0 Å². The molecule has 1 aromatic heterocycles. The maximum Gasteiger partial charge on any atom is 0.176 e. The van der Waals surface area contributed by atoms with Gasteiger partial charge in [-0.25, -0.2) is 0 Å². The van der Waals surface area contributed by atoms with Gasteiger partial charge in [-0.15, -0.1) is 4.99 Å². The largest absolute Gasteiger partial charge is 0.504 e. The Bertz CT molecular complexity index is 2080. The number of aliphatic hydroxyl groups excluding tert-OH is 2. The van der Waals surface area contributed by atoms with Crippen LogP contribution in [0.15, 0.2) is 102 Å². The molecule has 0 unspecified atom stereocenters. The molecular formula is C44H47N2O7+. The number of aliphatic hydroxyl groups is 2. The first-order valence-corrected chi connectivity index (χ1v) is 18.0. The number of rotatable bonds is 18. The number of aliphatic imine (C=N–C) groups is 1. The fourth-order valence-corrected chi connectivity index (χ4v) is 7.55. The summed E-state index contributed by atoms with van der Waals surface area (Å²) in [5.74, 6) is -0.105. The van der Waals surface area contributed by atoms with E-state index >= 15 is 0 Å². The minimum atomic E-state index is -0.978. The molecule has 0 saturated carbocycles. The number of benzene rings is 4. The van der Waals surface area contributed by atoms with Crippen molar-refractivity contribution in [1.82, 2.24) is 4.98 Å². The quantitative estimate of drug-likeness (QED) is 0.0624. The molecule has 3 atom stereocenters. The van der Waals surface area contributed by atoms with E-state index in [0.717, 1.165) is 49.7 Å². The lowest BCUT2D eigenvalue weighted by Crippen LogP contribution is -2.31. The first kappa shape index (κ1) is 37.3. The lowest BCUT2D eigenvalue weighted by atomic mass is 9.81. The van der Waals surface area contributed by atoms with Crippen molar-refractivity contribution in [3.8, 4) is 23.0 Å². The fraction of sp³-hybridized carbons (Fsp3) is 0.295. The van der Waals surface area contributed by atoms with Gasteiger partial charge in [0.15, 0.2) is 29.2 Å². The number of allylic oxidation sites excluding steroid dienone is 1. The monoisotopic (exact) mass is 715 g/mol. The highest BCUT2D eigenvalue weighted by atomic mass is 16.5. The summed E-state index contributed by atoms with van der Waals surface area (Å²) in [6.07, 6.45) is 9.13. The average Bonchev–Trinajstić information content (AvgIpc) is 3.88. The van der Waals surface area contributed by atoms with Gasteiger partial charge < -0.3 is 34.9 Å². The Morgan fingerprint density at radius 1 is 0.868 bits per heavy atom. The zero-order valence-corrected chi connectivity index (χ0v) is 30.2. The van der Waals surface area contributed by atoms with E-state index in [9.17, 15) is 25.2 Å². The van der Waals surface area contributed by atoms with E-state index in [1.807, 2.05) is 48.8 Å². The molecule has 9 heteroatoms. The highest BCUT2D eigenvalue weighted by Crippen LogP contribution is 2.38. The number of fused-ring (bicyclic) bond motifs is 1. The number of carbonyl (C=O) groups excluding carboxylic acids is 1. The molecule has 274 valence electrons. The van der Waals surface area contributed by atoms with Gasteiger partial charge in [-0.2, -0.15) is 0 Å². The van der Waals surface area contributed by atoms with Gasteiger partial charge in [0.1, 0.15) is 17.9 Å². The normalized spacial score (nSPS) is 14.1. The van der Waals surface area contributed by atoms with E-state index in [-0.39, 0.29) is 36.2 Å². The van der Waals surface area contributed by atoms with Crippen LogP contribution in [0.4, 0.5) is 0 Å². The second-order valence-electron chi connectivity index (χ2n) is 13.7. The number of hydrogen-bond donors (Lipinski definition) is 5. The third-order valence-electron chi connectivity index (χ3n) is 10.2. The fourth-order valence-electron chi connectivity index (χ4n) is 7.55. The van der Waals surface area contributed by atoms with Crippen LogP contribution < -0.4 is 9.47 Å². The Kier molecular flexibility index (Phi) is 12.2. The van der Waals surface area contributed by atoms with Gasteiger partial charge in [-0.1, -0.05) is 48.5 Å². The molecule has 0 aliphatic carbocycles. The number of aromatic nitrogens is 1. The predicted octanol–water partition coefficient (Wildman–Crippen LogP) is 6.86. The van der Waals surface area contributed by atoms with E-state index in [4.69, 9.17) is 9.47 Å². The first-order valence-electron chi connectivity index (χ1n) is 18.0. The zero-order valence-electron chi connectivity index (χ0n) is 30.2. The summed E-state index contributed by atoms with van der Waals surface area (Å²) in [7, 11) is 3.03. The number of phenolic OH excluding ortho intramolecular Hbond substituents is 2. The lowest BCUT2D eigenvalue weighted by molar-refractivity contribution is -0.125. The van der Waals surface area contributed by atoms with Crippen LogP contribution in [0, 0.1) is 18.4 Å². The third-order valence-corrected chi connectivity index (χ3v) is 10.2. The number of hydrogen-bond acceptors (Lipinski definition) is 8. The van der Waals surface area contributed by atoms with Crippen molar-refractivity contribution in [3.05, 3.63) is 137 Å². The number of aromatic hydroxyl groups is 2. The molecule has 6 rings (SSSR count). The number of methoxy groups -OCH3 is 2. The minimum Gasteiger partial charge on any atom is -0.504 e. The van der Waals surface area contributed by atoms with Crippen molar-refractivity contribution >= 4 is 22.8 Å². The maximum absolute atomic E-state index is 14.2. The average molecular weight is 716 g/mol. The van der Waals surface area contributed by atoms with Crippen LogP contribution in [0.1, 0.15) is 46.2 Å². The van der Waals surface area contributed by atoms with Crippen LogP contribution >= 0.6 is 0 Å². The van der Waals surface area contributed by atoms with E-state index < -0.39 is 12.0 Å². The Labute approximate surface area is 310 Å². The van der Waals surface area contributed by atoms with Gasteiger partial charge in [0, 0.05) is 49.7 Å². The summed E-state index contributed by atoms with van der Waals surface area (Å²) in [5.41, 5.74) is 6.56. The van der Waals surface area contributed by atoms with Crippen LogP contribution in [0.2, 0.25) is 0 Å². The Hall–Kier alpha value is -5.51. The third kappa shape index (κ3) is 8.93. The van der Waals surface area contributed by atoms with Crippen LogP contribution in [0.3, 0.4) is 0 Å². The topological polar surface area (TPSA) is 145 Å². The second-order valence-corrected chi connectivity index (χ2v) is 13.7. The van der Waals surface area contributed by atoms with Gasteiger partial charge in [0.05, 0.1) is 26.4 Å². The number of carbonyl (C=O) groups is 1. The van der Waals surface area contributed by atoms with Crippen LogP contribution in [-0.4, -0.2) is 64.3 Å². The molecule has 0 spiro atoms.